The summed E-state index contributed by atoms with van der Waals surface area (Å²) in [4.78, 5) is 28.8. The SMILES string of the molecule is O=C(Nc1ccccc1C(=O)Nc1ccccn1)c1ccc(O)cc1. The molecule has 0 aliphatic rings. The highest BCUT2D eigenvalue weighted by molar-refractivity contribution is 6.12. The second-order valence-electron chi connectivity index (χ2n) is 5.22. The number of carbonyl (C=O) groups is 2. The van der Waals surface area contributed by atoms with Gasteiger partial charge in [-0.15, -0.1) is 0 Å². The smallest absolute Gasteiger partial charge is 0.258 e. The summed E-state index contributed by atoms with van der Waals surface area (Å²) >= 11 is 0. The number of rotatable bonds is 4. The van der Waals surface area contributed by atoms with E-state index in [1.807, 2.05) is 0 Å². The molecule has 0 radical (unpaired) electrons. The van der Waals surface area contributed by atoms with Gasteiger partial charge in [0.1, 0.15) is 11.6 Å². The van der Waals surface area contributed by atoms with E-state index in [0.717, 1.165) is 0 Å². The van der Waals surface area contributed by atoms with Crippen molar-refractivity contribution in [2.45, 2.75) is 0 Å². The molecule has 0 bridgehead atoms. The molecule has 1 aromatic heterocycles. The zero-order chi connectivity index (χ0) is 17.6. The van der Waals surface area contributed by atoms with Gasteiger partial charge in [0.05, 0.1) is 11.3 Å². The third kappa shape index (κ3) is 4.00. The normalized spacial score (nSPS) is 10.1. The molecule has 0 saturated heterocycles. The van der Waals surface area contributed by atoms with Crippen molar-refractivity contribution in [1.82, 2.24) is 4.98 Å². The van der Waals surface area contributed by atoms with Gasteiger partial charge in [0.15, 0.2) is 0 Å². The molecule has 3 rings (SSSR count). The number of aromatic nitrogens is 1. The Hall–Kier alpha value is -3.67. The van der Waals surface area contributed by atoms with Crippen molar-refractivity contribution >= 4 is 23.3 Å². The Balaban J connectivity index is 1.79. The van der Waals surface area contributed by atoms with Crippen LogP contribution in [0.25, 0.3) is 0 Å². The molecule has 0 spiro atoms. The predicted molar refractivity (Wildman–Crippen MR) is 94.7 cm³/mol. The number of nitrogens with one attached hydrogen (secondary N) is 2. The highest BCUT2D eigenvalue weighted by Crippen LogP contribution is 2.18. The van der Waals surface area contributed by atoms with Crippen molar-refractivity contribution in [2.75, 3.05) is 10.6 Å². The zero-order valence-electron chi connectivity index (χ0n) is 13.1. The lowest BCUT2D eigenvalue weighted by Gasteiger charge is -2.11. The van der Waals surface area contributed by atoms with Gasteiger partial charge in [-0.2, -0.15) is 0 Å². The molecule has 0 aliphatic heterocycles. The lowest BCUT2D eigenvalue weighted by Crippen LogP contribution is -2.18. The van der Waals surface area contributed by atoms with Crippen molar-refractivity contribution in [3.63, 3.8) is 0 Å². The maximum atomic E-state index is 12.5. The number of carbonyl (C=O) groups excluding carboxylic acids is 2. The van der Waals surface area contributed by atoms with E-state index in [1.54, 1.807) is 48.7 Å². The van der Waals surface area contributed by atoms with E-state index >= 15 is 0 Å². The number of pyridine rings is 1. The summed E-state index contributed by atoms with van der Waals surface area (Å²) in [5, 5.41) is 14.7. The maximum absolute atomic E-state index is 12.5. The minimum Gasteiger partial charge on any atom is -0.508 e. The Bertz CT molecular complexity index is 893. The average Bonchev–Trinajstić information content (AvgIpc) is 2.63. The van der Waals surface area contributed by atoms with Crippen molar-refractivity contribution in [3.8, 4) is 5.75 Å². The summed E-state index contributed by atoms with van der Waals surface area (Å²) in [6.07, 6.45) is 1.58. The van der Waals surface area contributed by atoms with Crippen LogP contribution >= 0.6 is 0 Å². The van der Waals surface area contributed by atoms with Crippen LogP contribution in [0.5, 0.6) is 5.75 Å². The topological polar surface area (TPSA) is 91.3 Å². The van der Waals surface area contributed by atoms with Crippen LogP contribution in [0.4, 0.5) is 11.5 Å². The molecule has 2 amide bonds. The number of amides is 2. The minimum atomic E-state index is -0.377. The van der Waals surface area contributed by atoms with Crippen LogP contribution in [0.2, 0.25) is 0 Å². The molecule has 25 heavy (non-hydrogen) atoms. The number of anilines is 2. The highest BCUT2D eigenvalue weighted by atomic mass is 16.3. The van der Waals surface area contributed by atoms with Crippen molar-refractivity contribution in [3.05, 3.63) is 84.1 Å². The van der Waals surface area contributed by atoms with Crippen molar-refractivity contribution in [1.29, 1.82) is 0 Å². The molecule has 2 aromatic carbocycles. The largest absolute Gasteiger partial charge is 0.508 e. The van der Waals surface area contributed by atoms with Crippen LogP contribution in [0.1, 0.15) is 20.7 Å². The van der Waals surface area contributed by atoms with Gasteiger partial charge < -0.3 is 15.7 Å². The molecule has 0 fully saturated rings. The van der Waals surface area contributed by atoms with Crippen LogP contribution in [0, 0.1) is 0 Å². The van der Waals surface area contributed by atoms with E-state index in [9.17, 15) is 14.7 Å². The summed E-state index contributed by atoms with van der Waals surface area (Å²) < 4.78 is 0. The molecule has 0 saturated carbocycles. The molecule has 0 atom stereocenters. The molecule has 6 heteroatoms. The fourth-order valence-electron chi connectivity index (χ4n) is 2.22. The molecular weight excluding hydrogens is 318 g/mol. The number of phenols is 1. The highest BCUT2D eigenvalue weighted by Gasteiger charge is 2.14. The average molecular weight is 333 g/mol. The lowest BCUT2D eigenvalue weighted by atomic mass is 10.1. The number of phenolic OH excluding ortho intramolecular Hbond substituents is 1. The number of benzene rings is 2. The fraction of sp³-hybridized carbons (Fsp3) is 0. The number of para-hydroxylation sites is 1. The number of aromatic hydroxyl groups is 1. The second kappa shape index (κ2) is 7.27. The molecule has 1 heterocycles. The Morgan fingerprint density at radius 1 is 0.800 bits per heavy atom. The molecular formula is C19H15N3O3. The Labute approximate surface area is 144 Å². The van der Waals surface area contributed by atoms with Gasteiger partial charge in [-0.3, -0.25) is 9.59 Å². The standard InChI is InChI=1S/C19H15N3O3/c23-14-10-8-13(9-11-14)18(24)21-16-6-2-1-5-15(16)19(25)22-17-7-3-4-12-20-17/h1-12,23H,(H,21,24)(H,20,22,25). The summed E-state index contributed by atoms with van der Waals surface area (Å²) in [5.74, 6) is -0.253. The van der Waals surface area contributed by atoms with E-state index in [4.69, 9.17) is 0 Å². The monoisotopic (exact) mass is 333 g/mol. The number of hydrogen-bond acceptors (Lipinski definition) is 4. The van der Waals surface area contributed by atoms with Crippen LogP contribution < -0.4 is 10.6 Å². The van der Waals surface area contributed by atoms with Crippen LogP contribution in [-0.4, -0.2) is 21.9 Å². The Morgan fingerprint density at radius 3 is 2.24 bits per heavy atom. The molecule has 124 valence electrons. The van der Waals surface area contributed by atoms with E-state index in [0.29, 0.717) is 22.6 Å². The van der Waals surface area contributed by atoms with Crippen LogP contribution in [0.3, 0.4) is 0 Å². The fourth-order valence-corrected chi connectivity index (χ4v) is 2.22. The Morgan fingerprint density at radius 2 is 1.52 bits per heavy atom. The predicted octanol–water partition coefficient (Wildman–Crippen LogP) is 3.29. The van der Waals surface area contributed by atoms with Crippen molar-refractivity contribution in [2.24, 2.45) is 0 Å². The van der Waals surface area contributed by atoms with E-state index < -0.39 is 0 Å². The van der Waals surface area contributed by atoms with Gasteiger partial charge in [-0.1, -0.05) is 18.2 Å². The lowest BCUT2D eigenvalue weighted by molar-refractivity contribution is 0.102. The van der Waals surface area contributed by atoms with Crippen molar-refractivity contribution < 1.29 is 14.7 Å². The molecule has 0 unspecified atom stereocenters. The second-order valence-corrected chi connectivity index (χ2v) is 5.22. The third-order valence-electron chi connectivity index (χ3n) is 3.46. The quantitative estimate of drug-likeness (QED) is 0.683. The number of hydrogen-bond donors (Lipinski definition) is 3. The summed E-state index contributed by atoms with van der Waals surface area (Å²) in [6, 6.07) is 17.7. The van der Waals surface area contributed by atoms with Gasteiger partial charge in [-0.25, -0.2) is 4.98 Å². The van der Waals surface area contributed by atoms with Gasteiger partial charge in [0, 0.05) is 11.8 Å². The summed E-state index contributed by atoms with van der Waals surface area (Å²) in [5.41, 5.74) is 1.08. The molecule has 3 aromatic rings. The van der Waals surface area contributed by atoms with Crippen LogP contribution in [0.15, 0.2) is 72.9 Å². The van der Waals surface area contributed by atoms with E-state index in [1.165, 1.54) is 24.3 Å². The molecule has 3 N–H and O–H groups in total. The van der Waals surface area contributed by atoms with E-state index in [-0.39, 0.29) is 17.6 Å². The van der Waals surface area contributed by atoms with Gasteiger partial charge in [-0.05, 0) is 48.5 Å². The zero-order valence-corrected chi connectivity index (χ0v) is 13.1. The van der Waals surface area contributed by atoms with E-state index in [2.05, 4.69) is 15.6 Å². The maximum Gasteiger partial charge on any atom is 0.258 e. The first kappa shape index (κ1) is 16.2. The number of nitrogens with zero attached hydrogens (tertiary/aromatic N) is 1. The van der Waals surface area contributed by atoms with Gasteiger partial charge in [0.2, 0.25) is 0 Å². The first-order valence-electron chi connectivity index (χ1n) is 7.55. The summed E-state index contributed by atoms with van der Waals surface area (Å²) in [6.45, 7) is 0. The first-order valence-corrected chi connectivity index (χ1v) is 7.55. The summed E-state index contributed by atoms with van der Waals surface area (Å²) in [7, 11) is 0. The van der Waals surface area contributed by atoms with Gasteiger partial charge in [0.25, 0.3) is 11.8 Å². The molecule has 0 aliphatic carbocycles. The van der Waals surface area contributed by atoms with Gasteiger partial charge >= 0.3 is 0 Å². The molecule has 6 nitrogen and oxygen atoms in total. The third-order valence-corrected chi connectivity index (χ3v) is 3.46. The van der Waals surface area contributed by atoms with Crippen LogP contribution in [-0.2, 0) is 0 Å². The minimum absolute atomic E-state index is 0.0756. The first-order chi connectivity index (χ1) is 12.1. The Kier molecular flexibility index (Phi) is 4.71.